The molecule has 9 heteroatoms. The van der Waals surface area contributed by atoms with Gasteiger partial charge in [-0.15, -0.1) is 0 Å². The van der Waals surface area contributed by atoms with E-state index in [0.29, 0.717) is 11.3 Å². The second-order valence-corrected chi connectivity index (χ2v) is 12.6. The van der Waals surface area contributed by atoms with Crippen molar-refractivity contribution in [1.82, 2.24) is 0 Å². The number of ketones is 1. The van der Waals surface area contributed by atoms with Gasteiger partial charge in [-0.2, -0.15) is 26.3 Å². The summed E-state index contributed by atoms with van der Waals surface area (Å²) in [4.78, 5) is 26.0. The molecule has 3 nitrogen and oxygen atoms in total. The molecule has 1 N–H and O–H groups in total. The smallest absolute Gasteiger partial charge is 0.322 e. The number of hydrogen-bond donors (Lipinski definition) is 1. The van der Waals surface area contributed by atoms with Gasteiger partial charge in [0.2, 0.25) is 0 Å². The lowest BCUT2D eigenvalue weighted by Gasteiger charge is -2.28. The Balaban J connectivity index is 1.49. The van der Waals surface area contributed by atoms with Gasteiger partial charge in [0.1, 0.15) is 0 Å². The van der Waals surface area contributed by atoms with Crippen LogP contribution in [0.1, 0.15) is 76.2 Å². The van der Waals surface area contributed by atoms with Crippen molar-refractivity contribution >= 4 is 17.4 Å². The fourth-order valence-electron chi connectivity index (χ4n) is 5.13. The van der Waals surface area contributed by atoms with Gasteiger partial charge in [-0.05, 0) is 111 Å². The van der Waals surface area contributed by atoms with E-state index in [0.717, 1.165) is 49.9 Å². The van der Waals surface area contributed by atoms with Crippen LogP contribution < -0.4 is 5.32 Å². The lowest BCUT2D eigenvalue weighted by molar-refractivity contribution is -0.180. The summed E-state index contributed by atoms with van der Waals surface area (Å²) in [5, 5.41) is 2.76. The lowest BCUT2D eigenvalue weighted by atomic mass is 9.82. The molecule has 0 aliphatic carbocycles. The van der Waals surface area contributed by atoms with E-state index >= 15 is 0 Å². The predicted octanol–water partition coefficient (Wildman–Crippen LogP) is 10.3. The van der Waals surface area contributed by atoms with Gasteiger partial charge in [-0.1, -0.05) is 54.6 Å². The maximum atomic E-state index is 13.5. The Morgan fingerprint density at radius 3 is 1.59 bits per heavy atom. The standard InChI is InChI=1S/C37H35F6NO2/c1-22-17-24(19-32(45)25-9-7-11-27(20-25)34(3,4)36(38,39)40)13-15-30(22)31-16-14-29(18-23(31)2)44-33(46)26-10-8-12-28(21-26)35(5,6)37(41,42)43/h7-18,20-21H,19H2,1-6H3,(H,44,46). The highest BCUT2D eigenvalue weighted by atomic mass is 19.4. The first-order chi connectivity index (χ1) is 21.2. The molecule has 0 aliphatic rings. The van der Waals surface area contributed by atoms with Gasteiger partial charge in [0.05, 0.1) is 10.8 Å². The lowest BCUT2D eigenvalue weighted by Crippen LogP contribution is -2.36. The van der Waals surface area contributed by atoms with Crippen LogP contribution >= 0.6 is 0 Å². The number of nitrogens with one attached hydrogen (secondary N) is 1. The number of rotatable bonds is 8. The average Bonchev–Trinajstić information content (AvgIpc) is 2.96. The minimum atomic E-state index is -4.48. The van der Waals surface area contributed by atoms with Gasteiger partial charge in [0, 0.05) is 23.2 Å². The number of amides is 1. The Bertz CT molecular complexity index is 1650. The van der Waals surface area contributed by atoms with Crippen molar-refractivity contribution in [1.29, 1.82) is 0 Å². The van der Waals surface area contributed by atoms with Crippen LogP contribution in [0.2, 0.25) is 0 Å². The summed E-state index contributed by atoms with van der Waals surface area (Å²) in [5.74, 6) is -0.833. The van der Waals surface area contributed by atoms with E-state index < -0.39 is 29.1 Å². The molecule has 0 saturated heterocycles. The molecule has 4 rings (SSSR count). The number of anilines is 1. The van der Waals surface area contributed by atoms with E-state index in [4.69, 9.17) is 0 Å². The SMILES string of the molecule is Cc1cc(CC(=O)c2cccc(C(C)(C)C(F)(F)F)c2)ccc1-c1ccc(NC(=O)c2cccc(C(C)(C)C(F)(F)F)c2)cc1C. The molecule has 0 radical (unpaired) electrons. The topological polar surface area (TPSA) is 46.2 Å². The third kappa shape index (κ3) is 7.03. The van der Waals surface area contributed by atoms with Crippen molar-refractivity contribution in [2.45, 2.75) is 71.1 Å². The molecular weight excluding hydrogens is 604 g/mol. The quantitative estimate of drug-likeness (QED) is 0.154. The van der Waals surface area contributed by atoms with E-state index in [-0.39, 0.29) is 34.5 Å². The Labute approximate surface area is 264 Å². The zero-order valence-corrected chi connectivity index (χ0v) is 26.4. The first kappa shape index (κ1) is 34.5. The summed E-state index contributed by atoms with van der Waals surface area (Å²) in [5.41, 5.74) is 0.762. The van der Waals surface area contributed by atoms with Gasteiger partial charge in [-0.25, -0.2) is 0 Å². The Morgan fingerprint density at radius 1 is 0.609 bits per heavy atom. The Morgan fingerprint density at radius 2 is 1.09 bits per heavy atom. The van der Waals surface area contributed by atoms with Crippen LogP contribution in [0, 0.1) is 13.8 Å². The molecule has 0 spiro atoms. The van der Waals surface area contributed by atoms with Crippen LogP contribution in [0.25, 0.3) is 11.1 Å². The fourth-order valence-corrected chi connectivity index (χ4v) is 5.13. The maximum absolute atomic E-state index is 13.5. The van der Waals surface area contributed by atoms with Gasteiger partial charge in [0.25, 0.3) is 5.91 Å². The van der Waals surface area contributed by atoms with E-state index in [1.807, 2.05) is 32.0 Å². The molecule has 0 fully saturated rings. The highest BCUT2D eigenvalue weighted by Crippen LogP contribution is 2.42. The molecule has 0 atom stereocenters. The summed E-state index contributed by atoms with van der Waals surface area (Å²) in [6.07, 6.45) is -8.93. The van der Waals surface area contributed by atoms with Crippen LogP contribution in [0.4, 0.5) is 32.0 Å². The summed E-state index contributed by atoms with van der Waals surface area (Å²) >= 11 is 0. The summed E-state index contributed by atoms with van der Waals surface area (Å²) in [6, 6.07) is 22.0. The second-order valence-electron chi connectivity index (χ2n) is 12.6. The van der Waals surface area contributed by atoms with Gasteiger partial charge in [-0.3, -0.25) is 9.59 Å². The molecular formula is C37H35F6NO2. The predicted molar refractivity (Wildman–Crippen MR) is 168 cm³/mol. The van der Waals surface area contributed by atoms with E-state index in [1.165, 1.54) is 48.5 Å². The first-order valence-corrected chi connectivity index (χ1v) is 14.6. The van der Waals surface area contributed by atoms with Crippen molar-refractivity contribution in [3.8, 4) is 11.1 Å². The normalized spacial score (nSPS) is 12.6. The number of halogens is 6. The molecule has 0 aromatic heterocycles. The van der Waals surface area contributed by atoms with Crippen LogP contribution in [0.3, 0.4) is 0 Å². The van der Waals surface area contributed by atoms with Gasteiger partial charge >= 0.3 is 12.4 Å². The third-order valence-electron chi connectivity index (χ3n) is 8.60. The molecule has 0 aliphatic heterocycles. The van der Waals surface area contributed by atoms with E-state index in [9.17, 15) is 35.9 Å². The summed E-state index contributed by atoms with van der Waals surface area (Å²) in [7, 11) is 0. The maximum Gasteiger partial charge on any atom is 0.397 e. The average molecular weight is 640 g/mol. The van der Waals surface area contributed by atoms with Crippen LogP contribution in [-0.2, 0) is 17.3 Å². The zero-order valence-electron chi connectivity index (χ0n) is 26.4. The van der Waals surface area contributed by atoms with Crippen LogP contribution in [0.5, 0.6) is 0 Å². The van der Waals surface area contributed by atoms with Crippen molar-refractivity contribution in [2.75, 3.05) is 5.32 Å². The molecule has 0 saturated carbocycles. The number of aryl methyl sites for hydroxylation is 2. The van der Waals surface area contributed by atoms with E-state index in [1.54, 1.807) is 18.2 Å². The zero-order chi connectivity index (χ0) is 34.2. The minimum absolute atomic E-state index is 0.0151. The molecule has 46 heavy (non-hydrogen) atoms. The van der Waals surface area contributed by atoms with Crippen molar-refractivity contribution in [3.05, 3.63) is 124 Å². The van der Waals surface area contributed by atoms with Crippen LogP contribution in [-0.4, -0.2) is 24.0 Å². The van der Waals surface area contributed by atoms with Crippen molar-refractivity contribution in [2.24, 2.45) is 0 Å². The third-order valence-corrected chi connectivity index (χ3v) is 8.60. The molecule has 242 valence electrons. The number of hydrogen-bond acceptors (Lipinski definition) is 2. The molecule has 0 unspecified atom stereocenters. The molecule has 1 amide bonds. The molecule has 0 bridgehead atoms. The van der Waals surface area contributed by atoms with Crippen LogP contribution in [0.15, 0.2) is 84.9 Å². The second kappa shape index (κ2) is 12.4. The minimum Gasteiger partial charge on any atom is -0.322 e. The first-order valence-electron chi connectivity index (χ1n) is 14.6. The molecule has 4 aromatic carbocycles. The van der Waals surface area contributed by atoms with E-state index in [2.05, 4.69) is 5.32 Å². The highest BCUT2D eigenvalue weighted by Gasteiger charge is 2.49. The molecule has 0 heterocycles. The van der Waals surface area contributed by atoms with Crippen molar-refractivity contribution in [3.63, 3.8) is 0 Å². The fraction of sp³-hybridized carbons (Fsp3) is 0.297. The summed E-state index contributed by atoms with van der Waals surface area (Å²) < 4.78 is 81.2. The number of Topliss-reactive ketones (excluding diaryl/α,β-unsaturated/α-hetero) is 1. The highest BCUT2D eigenvalue weighted by molar-refractivity contribution is 6.04. The molecule has 4 aromatic rings. The van der Waals surface area contributed by atoms with Gasteiger partial charge < -0.3 is 5.32 Å². The number of carbonyl (C=O) groups is 2. The summed E-state index contributed by atoms with van der Waals surface area (Å²) in [6.45, 7) is 8.06. The van der Waals surface area contributed by atoms with Crippen molar-refractivity contribution < 1.29 is 35.9 Å². The monoisotopic (exact) mass is 639 g/mol. The Kier molecular flexibility index (Phi) is 9.31. The number of alkyl halides is 6. The van der Waals surface area contributed by atoms with Gasteiger partial charge in [0.15, 0.2) is 5.78 Å². The number of carbonyl (C=O) groups excluding carboxylic acids is 2. The Hall–Kier alpha value is -4.40. The number of benzene rings is 4. The largest absolute Gasteiger partial charge is 0.397 e.